The molecule has 1 fully saturated rings. The highest BCUT2D eigenvalue weighted by molar-refractivity contribution is 4.87. The van der Waals surface area contributed by atoms with Crippen molar-refractivity contribution >= 4 is 0 Å². The van der Waals surface area contributed by atoms with Crippen LogP contribution in [-0.2, 0) is 4.74 Å². The van der Waals surface area contributed by atoms with Crippen molar-refractivity contribution in [3.05, 3.63) is 0 Å². The summed E-state index contributed by atoms with van der Waals surface area (Å²) in [6, 6.07) is 0.517. The first-order valence-corrected chi connectivity index (χ1v) is 7.53. The van der Waals surface area contributed by atoms with Gasteiger partial charge in [-0.3, -0.25) is 0 Å². The number of hydrogen-bond acceptors (Lipinski definition) is 2. The Balaban J connectivity index is 2.66. The summed E-state index contributed by atoms with van der Waals surface area (Å²) in [5, 5.41) is 3.51. The van der Waals surface area contributed by atoms with Gasteiger partial charge >= 0.3 is 0 Å². The van der Waals surface area contributed by atoms with E-state index in [-0.39, 0.29) is 0 Å². The predicted octanol–water partition coefficient (Wildman–Crippen LogP) is 3.61. The second-order valence-electron chi connectivity index (χ2n) is 5.52. The van der Waals surface area contributed by atoms with Gasteiger partial charge < -0.3 is 10.1 Å². The van der Waals surface area contributed by atoms with E-state index in [9.17, 15) is 0 Å². The first-order chi connectivity index (χ1) is 8.24. The third kappa shape index (κ3) is 4.26. The van der Waals surface area contributed by atoms with Gasteiger partial charge in [0, 0.05) is 12.6 Å². The fraction of sp³-hybridized carbons (Fsp3) is 1.00. The average Bonchev–Trinajstić information content (AvgIpc) is 2.39. The summed E-state index contributed by atoms with van der Waals surface area (Å²) >= 11 is 0. The largest absolute Gasteiger partial charge is 0.377 e. The van der Waals surface area contributed by atoms with E-state index in [1.54, 1.807) is 0 Å². The lowest BCUT2D eigenvalue weighted by molar-refractivity contribution is -0.0281. The van der Waals surface area contributed by atoms with Crippen LogP contribution in [-0.4, -0.2) is 25.8 Å². The monoisotopic (exact) mass is 241 g/mol. The van der Waals surface area contributed by atoms with Crippen LogP contribution in [0, 0.1) is 11.8 Å². The Labute approximate surface area is 108 Å². The Morgan fingerprint density at radius 2 is 1.82 bits per heavy atom. The number of ether oxygens (including phenoxy) is 1. The highest BCUT2D eigenvalue weighted by atomic mass is 16.5. The normalized spacial score (nSPS) is 23.3. The third-order valence-electron chi connectivity index (χ3n) is 4.42. The number of hydrogen-bond donors (Lipinski definition) is 1. The maximum atomic E-state index is 6.09. The lowest BCUT2D eigenvalue weighted by atomic mass is 9.79. The maximum absolute atomic E-state index is 6.09. The van der Waals surface area contributed by atoms with Crippen LogP contribution in [0.1, 0.15) is 59.3 Å². The van der Waals surface area contributed by atoms with E-state index in [0.717, 1.165) is 12.5 Å². The highest BCUT2D eigenvalue weighted by Crippen LogP contribution is 2.31. The topological polar surface area (TPSA) is 21.3 Å². The number of nitrogens with one attached hydrogen (secondary N) is 1. The number of likely N-dealkylation sites (N-methyl/N-ethyl adjacent to an activating group) is 1. The maximum Gasteiger partial charge on any atom is 0.0758 e. The van der Waals surface area contributed by atoms with Crippen molar-refractivity contribution in [2.24, 2.45) is 11.8 Å². The molecular weight excluding hydrogens is 210 g/mol. The molecule has 1 rings (SSSR count). The molecule has 0 radical (unpaired) electrons. The average molecular weight is 241 g/mol. The van der Waals surface area contributed by atoms with Gasteiger partial charge in [0.15, 0.2) is 0 Å². The minimum Gasteiger partial charge on any atom is -0.377 e. The van der Waals surface area contributed by atoms with Crippen LogP contribution < -0.4 is 5.32 Å². The summed E-state index contributed by atoms with van der Waals surface area (Å²) in [4.78, 5) is 0. The summed E-state index contributed by atoms with van der Waals surface area (Å²) in [5.74, 6) is 1.47. The van der Waals surface area contributed by atoms with Crippen molar-refractivity contribution in [2.75, 3.05) is 13.7 Å². The molecule has 2 nitrogen and oxygen atoms in total. The minimum absolute atomic E-state index is 0.417. The lowest BCUT2D eigenvalue weighted by Gasteiger charge is -2.38. The zero-order chi connectivity index (χ0) is 12.7. The van der Waals surface area contributed by atoms with Gasteiger partial charge in [-0.05, 0) is 38.6 Å². The van der Waals surface area contributed by atoms with Crippen LogP contribution in [0.4, 0.5) is 0 Å². The molecule has 1 aliphatic rings. The van der Waals surface area contributed by atoms with Crippen LogP contribution >= 0.6 is 0 Å². The molecule has 3 atom stereocenters. The van der Waals surface area contributed by atoms with Gasteiger partial charge in [-0.15, -0.1) is 0 Å². The summed E-state index contributed by atoms with van der Waals surface area (Å²) in [6.07, 6.45) is 8.57. The first-order valence-electron chi connectivity index (χ1n) is 7.53. The number of rotatable bonds is 7. The van der Waals surface area contributed by atoms with Crippen molar-refractivity contribution < 1.29 is 4.74 Å². The van der Waals surface area contributed by atoms with Gasteiger partial charge in [-0.1, -0.05) is 39.5 Å². The summed E-state index contributed by atoms with van der Waals surface area (Å²) in [6.45, 7) is 7.59. The van der Waals surface area contributed by atoms with Crippen molar-refractivity contribution in [1.29, 1.82) is 0 Å². The van der Waals surface area contributed by atoms with Crippen molar-refractivity contribution in [2.45, 2.75) is 71.4 Å². The summed E-state index contributed by atoms with van der Waals surface area (Å²) < 4.78 is 6.09. The highest BCUT2D eigenvalue weighted by Gasteiger charge is 2.32. The van der Waals surface area contributed by atoms with E-state index >= 15 is 0 Å². The zero-order valence-corrected chi connectivity index (χ0v) is 12.2. The molecule has 0 heterocycles. The molecule has 0 amide bonds. The molecule has 2 heteroatoms. The summed E-state index contributed by atoms with van der Waals surface area (Å²) in [7, 11) is 2.09. The molecule has 102 valence electrons. The van der Waals surface area contributed by atoms with Crippen LogP contribution in [0.2, 0.25) is 0 Å². The Morgan fingerprint density at radius 1 is 1.18 bits per heavy atom. The van der Waals surface area contributed by atoms with E-state index in [1.165, 1.54) is 38.5 Å². The Morgan fingerprint density at radius 3 is 2.29 bits per heavy atom. The second-order valence-corrected chi connectivity index (χ2v) is 5.52. The van der Waals surface area contributed by atoms with E-state index in [4.69, 9.17) is 4.74 Å². The third-order valence-corrected chi connectivity index (χ3v) is 4.42. The van der Waals surface area contributed by atoms with Crippen molar-refractivity contribution in [1.82, 2.24) is 5.32 Å². The Bertz CT molecular complexity index is 189. The van der Waals surface area contributed by atoms with Gasteiger partial charge in [-0.25, -0.2) is 0 Å². The van der Waals surface area contributed by atoms with Gasteiger partial charge in [-0.2, -0.15) is 0 Å². The Hall–Kier alpha value is -0.0800. The van der Waals surface area contributed by atoms with E-state index in [2.05, 4.69) is 33.1 Å². The van der Waals surface area contributed by atoms with E-state index in [0.29, 0.717) is 18.1 Å². The molecule has 3 unspecified atom stereocenters. The van der Waals surface area contributed by atoms with Crippen LogP contribution in [0.5, 0.6) is 0 Å². The summed E-state index contributed by atoms with van der Waals surface area (Å²) in [5.41, 5.74) is 0. The minimum atomic E-state index is 0.417. The molecule has 0 spiro atoms. The van der Waals surface area contributed by atoms with Gasteiger partial charge in [0.25, 0.3) is 0 Å². The quantitative estimate of drug-likeness (QED) is 0.735. The SMILES string of the molecule is CCOC(C1CCCCC1)C(NC)C(C)CC. The van der Waals surface area contributed by atoms with Gasteiger partial charge in [0.1, 0.15) is 0 Å². The first kappa shape index (κ1) is 15.0. The van der Waals surface area contributed by atoms with Crippen LogP contribution in [0.15, 0.2) is 0 Å². The molecule has 1 N–H and O–H groups in total. The fourth-order valence-electron chi connectivity index (χ4n) is 3.21. The molecule has 1 saturated carbocycles. The molecular formula is C15H31NO. The molecule has 0 saturated heterocycles. The van der Waals surface area contributed by atoms with Gasteiger partial charge in [0.2, 0.25) is 0 Å². The molecule has 0 aromatic heterocycles. The standard InChI is InChI=1S/C15H31NO/c1-5-12(3)14(16-4)15(17-6-2)13-10-8-7-9-11-13/h12-16H,5-11H2,1-4H3. The van der Waals surface area contributed by atoms with Crippen molar-refractivity contribution in [3.8, 4) is 0 Å². The molecule has 17 heavy (non-hydrogen) atoms. The molecule has 0 aliphatic heterocycles. The molecule has 0 aromatic carbocycles. The smallest absolute Gasteiger partial charge is 0.0758 e. The molecule has 1 aliphatic carbocycles. The lowest BCUT2D eigenvalue weighted by Crippen LogP contribution is -2.48. The van der Waals surface area contributed by atoms with Gasteiger partial charge in [0.05, 0.1) is 6.10 Å². The van der Waals surface area contributed by atoms with E-state index < -0.39 is 0 Å². The van der Waals surface area contributed by atoms with Crippen molar-refractivity contribution in [3.63, 3.8) is 0 Å². The zero-order valence-electron chi connectivity index (χ0n) is 12.2. The predicted molar refractivity (Wildman–Crippen MR) is 74.3 cm³/mol. The Kier molecular flexibility index (Phi) is 7.14. The molecule has 0 aromatic rings. The second kappa shape index (κ2) is 8.10. The van der Waals surface area contributed by atoms with Crippen LogP contribution in [0.25, 0.3) is 0 Å². The van der Waals surface area contributed by atoms with Crippen LogP contribution in [0.3, 0.4) is 0 Å². The molecule has 0 bridgehead atoms. The van der Waals surface area contributed by atoms with E-state index in [1.807, 2.05) is 0 Å². The fourth-order valence-corrected chi connectivity index (χ4v) is 3.21.